The van der Waals surface area contributed by atoms with Gasteiger partial charge in [0, 0.05) is 6.61 Å². The lowest BCUT2D eigenvalue weighted by atomic mass is 10.0. The fourth-order valence-corrected chi connectivity index (χ4v) is 2.36. The maximum Gasteiger partial charge on any atom is 0.0580 e. The van der Waals surface area contributed by atoms with E-state index in [4.69, 9.17) is 5.11 Å². The van der Waals surface area contributed by atoms with E-state index in [0.29, 0.717) is 6.61 Å². The van der Waals surface area contributed by atoms with E-state index in [1.807, 2.05) is 18.2 Å². The topological polar surface area (TPSA) is 40.5 Å². The molecule has 108 valence electrons. The molecule has 0 aliphatic rings. The third-order valence-corrected chi connectivity index (χ3v) is 3.51. The summed E-state index contributed by atoms with van der Waals surface area (Å²) in [5.41, 5.74) is 1.22. The molecule has 2 nitrogen and oxygen atoms in total. The molecule has 2 heteroatoms. The summed E-state index contributed by atoms with van der Waals surface area (Å²) in [6.07, 6.45) is 9.65. The molecule has 1 rings (SSSR count). The third-order valence-electron chi connectivity index (χ3n) is 3.51. The van der Waals surface area contributed by atoms with Crippen molar-refractivity contribution in [3.8, 4) is 0 Å². The van der Waals surface area contributed by atoms with E-state index in [1.54, 1.807) is 0 Å². The van der Waals surface area contributed by atoms with Crippen LogP contribution >= 0.6 is 0 Å². The molecule has 1 atom stereocenters. The molecule has 0 saturated carbocycles. The van der Waals surface area contributed by atoms with E-state index in [1.165, 1.54) is 31.2 Å². The smallest absolute Gasteiger partial charge is 0.0580 e. The first-order valence-electron chi connectivity index (χ1n) is 7.66. The van der Waals surface area contributed by atoms with Crippen molar-refractivity contribution in [1.29, 1.82) is 0 Å². The van der Waals surface area contributed by atoms with Crippen LogP contribution in [0.5, 0.6) is 0 Å². The van der Waals surface area contributed by atoms with Gasteiger partial charge in [0.1, 0.15) is 0 Å². The normalized spacial score (nSPS) is 12.5. The second-order valence-corrected chi connectivity index (χ2v) is 5.33. The van der Waals surface area contributed by atoms with Gasteiger partial charge in [-0.1, -0.05) is 68.9 Å². The van der Waals surface area contributed by atoms with Gasteiger partial charge >= 0.3 is 0 Å². The Morgan fingerprint density at radius 3 is 2.00 bits per heavy atom. The van der Waals surface area contributed by atoms with Crippen molar-refractivity contribution < 1.29 is 10.2 Å². The van der Waals surface area contributed by atoms with Crippen molar-refractivity contribution in [3.63, 3.8) is 0 Å². The summed E-state index contributed by atoms with van der Waals surface area (Å²) < 4.78 is 0. The summed E-state index contributed by atoms with van der Waals surface area (Å²) in [7, 11) is 0. The molecule has 0 fully saturated rings. The molecule has 2 N–H and O–H groups in total. The van der Waals surface area contributed by atoms with Crippen molar-refractivity contribution in [1.82, 2.24) is 0 Å². The zero-order valence-electron chi connectivity index (χ0n) is 11.9. The van der Waals surface area contributed by atoms with Gasteiger partial charge in [0.05, 0.1) is 6.10 Å². The number of unbranched alkanes of at least 4 members (excludes halogenated alkanes) is 6. The number of benzene rings is 1. The minimum absolute atomic E-state index is 0.197. The fraction of sp³-hybridized carbons (Fsp3) is 0.647. The molecule has 0 amide bonds. The Balaban J connectivity index is 1.94. The molecule has 0 aliphatic heterocycles. The minimum atomic E-state index is -0.197. The van der Waals surface area contributed by atoms with Crippen LogP contribution < -0.4 is 0 Å². The van der Waals surface area contributed by atoms with Crippen LogP contribution in [0.25, 0.3) is 0 Å². The van der Waals surface area contributed by atoms with E-state index >= 15 is 0 Å². The Labute approximate surface area is 117 Å². The van der Waals surface area contributed by atoms with Gasteiger partial charge in [-0.25, -0.2) is 0 Å². The maximum atomic E-state index is 9.95. The van der Waals surface area contributed by atoms with Gasteiger partial charge in [-0.15, -0.1) is 0 Å². The summed E-state index contributed by atoms with van der Waals surface area (Å²) in [5.74, 6) is 0. The van der Waals surface area contributed by atoms with Crippen LogP contribution in [0.2, 0.25) is 0 Å². The largest absolute Gasteiger partial charge is 0.396 e. The number of hydrogen-bond donors (Lipinski definition) is 2. The van der Waals surface area contributed by atoms with Crippen molar-refractivity contribution in [3.05, 3.63) is 35.9 Å². The number of aliphatic hydroxyl groups excluding tert-OH is 2. The first-order chi connectivity index (χ1) is 9.33. The SMILES string of the molecule is OCCCCCCCCCC(O)Cc1ccccc1. The summed E-state index contributed by atoms with van der Waals surface area (Å²) in [6.45, 7) is 0.325. The molecular weight excluding hydrogens is 236 g/mol. The Hall–Kier alpha value is -0.860. The van der Waals surface area contributed by atoms with Gasteiger partial charge < -0.3 is 10.2 Å². The summed E-state index contributed by atoms with van der Waals surface area (Å²) in [5, 5.41) is 18.6. The quantitative estimate of drug-likeness (QED) is 0.598. The molecule has 0 aliphatic carbocycles. The van der Waals surface area contributed by atoms with Gasteiger partial charge in [0.2, 0.25) is 0 Å². The van der Waals surface area contributed by atoms with E-state index in [2.05, 4.69) is 12.1 Å². The fourth-order valence-electron chi connectivity index (χ4n) is 2.36. The minimum Gasteiger partial charge on any atom is -0.396 e. The highest BCUT2D eigenvalue weighted by atomic mass is 16.3. The molecule has 0 heterocycles. The van der Waals surface area contributed by atoms with Crippen molar-refractivity contribution in [2.24, 2.45) is 0 Å². The lowest BCUT2D eigenvalue weighted by molar-refractivity contribution is 0.161. The zero-order valence-corrected chi connectivity index (χ0v) is 11.9. The van der Waals surface area contributed by atoms with Crippen LogP contribution in [-0.2, 0) is 6.42 Å². The average molecular weight is 264 g/mol. The standard InChI is InChI=1S/C17H28O2/c18-14-10-5-3-1-2-4-9-13-17(19)15-16-11-7-6-8-12-16/h6-8,11-12,17-19H,1-5,9-10,13-15H2. The molecule has 19 heavy (non-hydrogen) atoms. The molecule has 0 spiro atoms. The van der Waals surface area contributed by atoms with Crippen molar-refractivity contribution in [2.75, 3.05) is 6.61 Å². The van der Waals surface area contributed by atoms with Gasteiger partial charge in [-0.2, -0.15) is 0 Å². The first kappa shape index (κ1) is 16.2. The lowest BCUT2D eigenvalue weighted by Gasteiger charge is -2.10. The van der Waals surface area contributed by atoms with Gasteiger partial charge in [-0.05, 0) is 24.8 Å². The highest BCUT2D eigenvalue weighted by Gasteiger charge is 2.04. The molecule has 1 aromatic carbocycles. The van der Waals surface area contributed by atoms with Crippen LogP contribution in [0, 0.1) is 0 Å². The molecule has 0 saturated heterocycles. The van der Waals surface area contributed by atoms with Gasteiger partial charge in [0.15, 0.2) is 0 Å². The van der Waals surface area contributed by atoms with Crippen molar-refractivity contribution in [2.45, 2.75) is 63.9 Å². The Morgan fingerprint density at radius 1 is 0.789 bits per heavy atom. The zero-order chi connectivity index (χ0) is 13.8. The second-order valence-electron chi connectivity index (χ2n) is 5.33. The van der Waals surface area contributed by atoms with E-state index in [9.17, 15) is 5.11 Å². The van der Waals surface area contributed by atoms with Crippen molar-refractivity contribution >= 4 is 0 Å². The van der Waals surface area contributed by atoms with Gasteiger partial charge in [0.25, 0.3) is 0 Å². The molecule has 1 unspecified atom stereocenters. The molecular formula is C17H28O2. The molecule has 0 aromatic heterocycles. The Kier molecular flexibility index (Phi) is 9.38. The maximum absolute atomic E-state index is 9.95. The Morgan fingerprint density at radius 2 is 1.37 bits per heavy atom. The number of rotatable bonds is 11. The summed E-state index contributed by atoms with van der Waals surface area (Å²) >= 11 is 0. The number of hydrogen-bond acceptors (Lipinski definition) is 2. The third kappa shape index (κ3) is 8.79. The lowest BCUT2D eigenvalue weighted by Crippen LogP contribution is -2.10. The Bertz CT molecular complexity index is 297. The van der Waals surface area contributed by atoms with Gasteiger partial charge in [-0.3, -0.25) is 0 Å². The summed E-state index contributed by atoms with van der Waals surface area (Å²) in [4.78, 5) is 0. The van der Waals surface area contributed by atoms with E-state index in [0.717, 1.165) is 32.1 Å². The highest BCUT2D eigenvalue weighted by molar-refractivity contribution is 5.15. The monoisotopic (exact) mass is 264 g/mol. The van der Waals surface area contributed by atoms with Crippen LogP contribution in [0.15, 0.2) is 30.3 Å². The van der Waals surface area contributed by atoms with Crippen LogP contribution in [-0.4, -0.2) is 22.9 Å². The molecule has 0 bridgehead atoms. The van der Waals surface area contributed by atoms with Crippen LogP contribution in [0.3, 0.4) is 0 Å². The molecule has 0 radical (unpaired) electrons. The van der Waals surface area contributed by atoms with E-state index in [-0.39, 0.29) is 6.10 Å². The predicted molar refractivity (Wildman–Crippen MR) is 80.2 cm³/mol. The predicted octanol–water partition coefficient (Wildman–Crippen LogP) is 3.70. The van der Waals surface area contributed by atoms with Crippen LogP contribution in [0.1, 0.15) is 56.9 Å². The second kappa shape index (κ2) is 11.0. The van der Waals surface area contributed by atoms with E-state index < -0.39 is 0 Å². The average Bonchev–Trinajstić information content (AvgIpc) is 2.43. The summed E-state index contributed by atoms with van der Waals surface area (Å²) in [6, 6.07) is 10.2. The number of aliphatic hydroxyl groups is 2. The first-order valence-corrected chi connectivity index (χ1v) is 7.66. The highest BCUT2D eigenvalue weighted by Crippen LogP contribution is 2.12. The van der Waals surface area contributed by atoms with Crippen LogP contribution in [0.4, 0.5) is 0 Å². The molecule has 1 aromatic rings.